The van der Waals surface area contributed by atoms with Gasteiger partial charge in [0, 0.05) is 23.7 Å². The van der Waals surface area contributed by atoms with Crippen molar-refractivity contribution < 1.29 is 37.0 Å². The minimum Gasteiger partial charge on any atom is -0.493 e. The van der Waals surface area contributed by atoms with E-state index in [0.29, 0.717) is 29.6 Å². The first-order chi connectivity index (χ1) is 19.8. The van der Waals surface area contributed by atoms with Crippen LogP contribution in [0, 0.1) is 23.5 Å². The Hall–Kier alpha value is -4.15. The number of hydrogen-bond acceptors (Lipinski definition) is 7. The molecule has 0 aliphatic heterocycles. The van der Waals surface area contributed by atoms with Crippen molar-refractivity contribution in [1.29, 1.82) is 0 Å². The zero-order chi connectivity index (χ0) is 30.6. The van der Waals surface area contributed by atoms with Gasteiger partial charge in [0.2, 0.25) is 5.89 Å². The highest BCUT2D eigenvalue weighted by Crippen LogP contribution is 2.37. The van der Waals surface area contributed by atoms with Gasteiger partial charge in [-0.15, -0.1) is 0 Å². The van der Waals surface area contributed by atoms with E-state index in [-0.39, 0.29) is 35.4 Å². The molecule has 0 radical (unpaired) electrons. The van der Waals surface area contributed by atoms with Gasteiger partial charge in [0.05, 0.1) is 19.8 Å². The van der Waals surface area contributed by atoms with Crippen molar-refractivity contribution >= 4 is 12.0 Å². The van der Waals surface area contributed by atoms with Crippen molar-refractivity contribution in [3.05, 3.63) is 65.1 Å². The van der Waals surface area contributed by atoms with E-state index in [4.69, 9.17) is 18.6 Å². The molecule has 1 atom stereocenters. The summed E-state index contributed by atoms with van der Waals surface area (Å²) >= 11 is 0. The van der Waals surface area contributed by atoms with Gasteiger partial charge in [0.25, 0.3) is 5.91 Å². The SMILES string of the molecule is COc1ccc(-c2nc(C(=O)NCc3ccc(F)cc3F)c(C(NC(=O)OC(C)(C)C)C(C)C)o2)cc1OCC1CC1. The number of amides is 2. The average molecular weight is 586 g/mol. The van der Waals surface area contributed by atoms with Crippen LogP contribution in [-0.4, -0.2) is 36.3 Å². The zero-order valence-corrected chi connectivity index (χ0v) is 24.7. The summed E-state index contributed by atoms with van der Waals surface area (Å²) < 4.78 is 50.6. The van der Waals surface area contributed by atoms with Crippen LogP contribution in [0.5, 0.6) is 11.5 Å². The quantitative estimate of drug-likeness (QED) is 0.262. The normalized spacial score (nSPS) is 13.9. The molecule has 1 aromatic heterocycles. The van der Waals surface area contributed by atoms with E-state index in [1.54, 1.807) is 46.1 Å². The average Bonchev–Trinajstić information content (AvgIpc) is 3.64. The fourth-order valence-electron chi connectivity index (χ4n) is 4.14. The highest BCUT2D eigenvalue weighted by atomic mass is 19.1. The number of oxazole rings is 1. The standard InChI is InChI=1S/C31H37F2N3O6/c1-17(2)25(36-30(38)42-31(3,4)5)27-26(28(37)34-15-20-9-11-21(32)14-22(20)33)35-29(41-27)19-10-12-23(39-6)24(13-19)40-16-18-7-8-18/h9-14,17-18,25H,7-8,15-16H2,1-6H3,(H,34,37)(H,36,38). The molecule has 2 amide bonds. The van der Waals surface area contributed by atoms with Crippen LogP contribution in [-0.2, 0) is 11.3 Å². The van der Waals surface area contributed by atoms with E-state index in [0.717, 1.165) is 25.0 Å². The maximum atomic E-state index is 14.2. The molecule has 0 spiro atoms. The Balaban J connectivity index is 1.69. The maximum Gasteiger partial charge on any atom is 0.408 e. The Labute approximate surface area is 243 Å². The summed E-state index contributed by atoms with van der Waals surface area (Å²) in [5.74, 6) is -0.661. The molecule has 4 rings (SSSR count). The predicted molar refractivity (Wildman–Crippen MR) is 151 cm³/mol. The molecule has 42 heavy (non-hydrogen) atoms. The van der Waals surface area contributed by atoms with Crippen molar-refractivity contribution in [1.82, 2.24) is 15.6 Å². The molecule has 11 heteroatoms. The van der Waals surface area contributed by atoms with Crippen LogP contribution in [0.25, 0.3) is 11.5 Å². The third kappa shape index (κ3) is 7.98. The molecule has 1 aliphatic carbocycles. The minimum atomic E-state index is -0.798. The van der Waals surface area contributed by atoms with E-state index in [1.165, 1.54) is 6.07 Å². The molecule has 1 aliphatic rings. The number of nitrogens with zero attached hydrogens (tertiary/aromatic N) is 1. The lowest BCUT2D eigenvalue weighted by Gasteiger charge is -2.25. The number of rotatable bonds is 11. The zero-order valence-electron chi connectivity index (χ0n) is 24.7. The molecule has 1 saturated carbocycles. The van der Waals surface area contributed by atoms with Gasteiger partial charge in [0.15, 0.2) is 23.0 Å². The van der Waals surface area contributed by atoms with Crippen LogP contribution in [0.2, 0.25) is 0 Å². The van der Waals surface area contributed by atoms with Gasteiger partial charge >= 0.3 is 6.09 Å². The highest BCUT2D eigenvalue weighted by Gasteiger charge is 2.32. The molecule has 226 valence electrons. The van der Waals surface area contributed by atoms with E-state index in [2.05, 4.69) is 15.6 Å². The van der Waals surface area contributed by atoms with Gasteiger partial charge in [-0.2, -0.15) is 0 Å². The van der Waals surface area contributed by atoms with Crippen LogP contribution in [0.1, 0.15) is 75.3 Å². The number of methoxy groups -OCH3 is 1. The lowest BCUT2D eigenvalue weighted by atomic mass is 10.00. The summed E-state index contributed by atoms with van der Waals surface area (Å²) in [4.78, 5) is 30.7. The van der Waals surface area contributed by atoms with Crippen molar-refractivity contribution in [2.75, 3.05) is 13.7 Å². The fourth-order valence-corrected chi connectivity index (χ4v) is 4.14. The van der Waals surface area contributed by atoms with Crippen molar-refractivity contribution in [3.63, 3.8) is 0 Å². The molecule has 0 saturated heterocycles. The number of halogens is 2. The van der Waals surface area contributed by atoms with E-state index < -0.39 is 35.3 Å². The maximum absolute atomic E-state index is 14.2. The van der Waals surface area contributed by atoms with Crippen molar-refractivity contribution in [3.8, 4) is 23.0 Å². The summed E-state index contributed by atoms with van der Waals surface area (Å²) in [6, 6.07) is 7.47. The van der Waals surface area contributed by atoms with Crippen molar-refractivity contribution in [2.24, 2.45) is 11.8 Å². The summed E-state index contributed by atoms with van der Waals surface area (Å²) in [5, 5.41) is 5.41. The Morgan fingerprint density at radius 1 is 1.10 bits per heavy atom. The van der Waals surface area contributed by atoms with Crippen molar-refractivity contribution in [2.45, 2.75) is 65.6 Å². The Morgan fingerprint density at radius 2 is 1.83 bits per heavy atom. The molecular weight excluding hydrogens is 548 g/mol. The van der Waals surface area contributed by atoms with Crippen LogP contribution in [0.15, 0.2) is 40.8 Å². The Kier molecular flexibility index (Phi) is 9.38. The lowest BCUT2D eigenvalue weighted by molar-refractivity contribution is 0.0480. The number of carbonyl (C=O) groups excluding carboxylic acids is 2. The molecular formula is C31H37F2N3O6. The first-order valence-electron chi connectivity index (χ1n) is 13.9. The second-order valence-electron chi connectivity index (χ2n) is 11.6. The van der Waals surface area contributed by atoms with Crippen LogP contribution >= 0.6 is 0 Å². The smallest absolute Gasteiger partial charge is 0.408 e. The fraction of sp³-hybridized carbons (Fsp3) is 0.452. The third-order valence-electron chi connectivity index (χ3n) is 6.53. The number of ether oxygens (including phenoxy) is 3. The van der Waals surface area contributed by atoms with Gasteiger partial charge in [-0.05, 0) is 69.7 Å². The lowest BCUT2D eigenvalue weighted by Crippen LogP contribution is -2.37. The topological polar surface area (TPSA) is 112 Å². The summed E-state index contributed by atoms with van der Waals surface area (Å²) in [6.45, 7) is 9.24. The van der Waals surface area contributed by atoms with Gasteiger partial charge in [0.1, 0.15) is 17.2 Å². The second-order valence-corrected chi connectivity index (χ2v) is 11.6. The monoisotopic (exact) mass is 585 g/mol. The van der Waals surface area contributed by atoms with Gasteiger partial charge in [-0.3, -0.25) is 4.79 Å². The number of carbonyl (C=O) groups is 2. The Morgan fingerprint density at radius 3 is 2.45 bits per heavy atom. The Bertz CT molecular complexity index is 1430. The van der Waals surface area contributed by atoms with E-state index in [9.17, 15) is 18.4 Å². The summed E-state index contributed by atoms with van der Waals surface area (Å²) in [5.41, 5.74) is -0.239. The first-order valence-corrected chi connectivity index (χ1v) is 13.9. The molecule has 0 bridgehead atoms. The number of benzene rings is 2. The van der Waals surface area contributed by atoms with Crippen LogP contribution in [0.3, 0.4) is 0 Å². The molecule has 2 N–H and O–H groups in total. The van der Waals surface area contributed by atoms with Gasteiger partial charge < -0.3 is 29.3 Å². The largest absolute Gasteiger partial charge is 0.493 e. The van der Waals surface area contributed by atoms with Crippen LogP contribution in [0.4, 0.5) is 13.6 Å². The van der Waals surface area contributed by atoms with E-state index >= 15 is 0 Å². The summed E-state index contributed by atoms with van der Waals surface area (Å²) in [7, 11) is 1.55. The molecule has 9 nitrogen and oxygen atoms in total. The third-order valence-corrected chi connectivity index (χ3v) is 6.53. The highest BCUT2D eigenvalue weighted by molar-refractivity contribution is 5.94. The minimum absolute atomic E-state index is 0.0925. The van der Waals surface area contributed by atoms with E-state index in [1.807, 2.05) is 13.8 Å². The predicted octanol–water partition coefficient (Wildman–Crippen LogP) is 6.57. The molecule has 1 unspecified atom stereocenters. The molecule has 2 aromatic carbocycles. The molecule has 1 heterocycles. The van der Waals surface area contributed by atoms with Gasteiger partial charge in [-0.1, -0.05) is 19.9 Å². The number of alkyl carbamates (subject to hydrolysis) is 1. The number of aromatic nitrogens is 1. The first kappa shape index (κ1) is 30.8. The molecule has 3 aromatic rings. The van der Waals surface area contributed by atoms with Crippen LogP contribution < -0.4 is 20.1 Å². The molecule has 1 fully saturated rings. The number of nitrogens with one attached hydrogen (secondary N) is 2. The summed E-state index contributed by atoms with van der Waals surface area (Å²) in [6.07, 6.45) is 1.54. The van der Waals surface area contributed by atoms with Gasteiger partial charge in [-0.25, -0.2) is 18.6 Å². The number of hydrogen-bond donors (Lipinski definition) is 2. The second kappa shape index (κ2) is 12.8.